The summed E-state index contributed by atoms with van der Waals surface area (Å²) in [7, 11) is 0. The zero-order valence-corrected chi connectivity index (χ0v) is 54.2. The van der Waals surface area contributed by atoms with Gasteiger partial charge in [0.15, 0.2) is 6.10 Å². The van der Waals surface area contributed by atoms with Crippen LogP contribution in [0.5, 0.6) is 0 Å². The molecular formula is C77H128O6. The highest BCUT2D eigenvalue weighted by Gasteiger charge is 2.19. The van der Waals surface area contributed by atoms with Gasteiger partial charge in [-0.25, -0.2) is 0 Å². The Balaban J connectivity index is 4.34. The van der Waals surface area contributed by atoms with Crippen molar-refractivity contribution in [2.75, 3.05) is 13.2 Å². The lowest BCUT2D eigenvalue weighted by molar-refractivity contribution is -0.167. The van der Waals surface area contributed by atoms with Crippen LogP contribution in [0.2, 0.25) is 0 Å². The largest absolute Gasteiger partial charge is 0.462 e. The number of rotatable bonds is 62. The second-order valence-corrected chi connectivity index (χ2v) is 22.7. The highest BCUT2D eigenvalue weighted by Crippen LogP contribution is 2.17. The molecule has 1 unspecified atom stereocenters. The molecule has 0 aromatic rings. The lowest BCUT2D eigenvalue weighted by atomic mass is 10.0. The zero-order valence-electron chi connectivity index (χ0n) is 54.2. The Hall–Kier alpha value is -4.45. The molecule has 0 bridgehead atoms. The second-order valence-electron chi connectivity index (χ2n) is 22.7. The number of ether oxygens (including phenoxy) is 3. The van der Waals surface area contributed by atoms with Crippen molar-refractivity contribution in [3.8, 4) is 0 Å². The van der Waals surface area contributed by atoms with Crippen molar-refractivity contribution >= 4 is 17.9 Å². The molecule has 0 saturated carbocycles. The predicted octanol–water partition coefficient (Wildman–Crippen LogP) is 24.1. The fourth-order valence-corrected chi connectivity index (χ4v) is 9.53. The van der Waals surface area contributed by atoms with Gasteiger partial charge >= 0.3 is 17.9 Å². The highest BCUT2D eigenvalue weighted by molar-refractivity contribution is 5.71. The van der Waals surface area contributed by atoms with Crippen LogP contribution in [-0.4, -0.2) is 37.2 Å². The van der Waals surface area contributed by atoms with Crippen molar-refractivity contribution in [1.82, 2.24) is 0 Å². The van der Waals surface area contributed by atoms with Crippen molar-refractivity contribution in [3.63, 3.8) is 0 Å². The maximum Gasteiger partial charge on any atom is 0.306 e. The van der Waals surface area contributed by atoms with Crippen LogP contribution in [0.15, 0.2) is 134 Å². The van der Waals surface area contributed by atoms with E-state index < -0.39 is 6.10 Å². The molecule has 0 fully saturated rings. The molecule has 83 heavy (non-hydrogen) atoms. The molecule has 472 valence electrons. The van der Waals surface area contributed by atoms with Gasteiger partial charge in [0.1, 0.15) is 13.2 Å². The fourth-order valence-electron chi connectivity index (χ4n) is 9.53. The molecule has 0 aliphatic rings. The van der Waals surface area contributed by atoms with E-state index in [0.29, 0.717) is 19.3 Å². The van der Waals surface area contributed by atoms with Gasteiger partial charge in [0.2, 0.25) is 0 Å². The lowest BCUT2D eigenvalue weighted by Crippen LogP contribution is -2.30. The van der Waals surface area contributed by atoms with E-state index in [1.807, 2.05) is 0 Å². The summed E-state index contributed by atoms with van der Waals surface area (Å²) in [5.41, 5.74) is 0. The Morgan fingerprint density at radius 1 is 0.253 bits per heavy atom. The molecule has 6 nitrogen and oxygen atoms in total. The van der Waals surface area contributed by atoms with Gasteiger partial charge in [0, 0.05) is 19.3 Å². The van der Waals surface area contributed by atoms with Gasteiger partial charge in [-0.05, 0) is 116 Å². The Morgan fingerprint density at radius 2 is 0.470 bits per heavy atom. The maximum absolute atomic E-state index is 12.9. The van der Waals surface area contributed by atoms with E-state index >= 15 is 0 Å². The van der Waals surface area contributed by atoms with Crippen molar-refractivity contribution < 1.29 is 28.6 Å². The molecule has 0 aliphatic heterocycles. The molecule has 0 heterocycles. The van der Waals surface area contributed by atoms with E-state index in [-0.39, 0.29) is 31.1 Å². The smallest absolute Gasteiger partial charge is 0.306 e. The molecule has 0 spiro atoms. The summed E-state index contributed by atoms with van der Waals surface area (Å²) >= 11 is 0. The number of allylic oxidation sites excluding steroid dienone is 22. The second kappa shape index (κ2) is 70.0. The number of hydrogen-bond acceptors (Lipinski definition) is 6. The first kappa shape index (κ1) is 78.5. The van der Waals surface area contributed by atoms with Crippen LogP contribution >= 0.6 is 0 Å². The average Bonchev–Trinajstić information content (AvgIpc) is 3.49. The summed E-state index contributed by atoms with van der Waals surface area (Å²) in [6, 6.07) is 0. The van der Waals surface area contributed by atoms with E-state index in [0.717, 1.165) is 141 Å². The first-order valence-corrected chi connectivity index (χ1v) is 34.7. The minimum Gasteiger partial charge on any atom is -0.462 e. The normalized spacial score (nSPS) is 13.0. The molecular weight excluding hydrogens is 1020 g/mol. The molecule has 0 saturated heterocycles. The summed E-state index contributed by atoms with van der Waals surface area (Å²) in [5.74, 6) is -0.906. The number of carbonyl (C=O) groups is 3. The monoisotopic (exact) mass is 1150 g/mol. The summed E-state index contributed by atoms with van der Waals surface area (Å²) in [5, 5.41) is 0. The van der Waals surface area contributed by atoms with Gasteiger partial charge in [-0.1, -0.05) is 315 Å². The van der Waals surface area contributed by atoms with Gasteiger partial charge in [0.25, 0.3) is 0 Å². The van der Waals surface area contributed by atoms with Crippen LogP contribution in [0.25, 0.3) is 0 Å². The fraction of sp³-hybridized carbons (Fsp3) is 0.675. The van der Waals surface area contributed by atoms with Crippen LogP contribution in [0.3, 0.4) is 0 Å². The summed E-state index contributed by atoms with van der Waals surface area (Å²) in [6.45, 7) is 6.41. The maximum atomic E-state index is 12.9. The molecule has 0 aromatic heterocycles. The number of carbonyl (C=O) groups excluding carboxylic acids is 3. The Kier molecular flexibility index (Phi) is 66.3. The molecule has 0 radical (unpaired) electrons. The first-order valence-electron chi connectivity index (χ1n) is 34.7. The standard InChI is InChI=1S/C77H128O6/c1-4-7-10-13-16-19-22-25-27-29-31-33-35-36-37-38-39-40-42-43-45-47-49-52-55-58-61-64-67-70-76(79)82-73-74(72-81-75(78)69-66-63-60-57-54-51-24-21-18-15-12-9-6-3)83-77(80)71-68-65-62-59-56-53-50-48-46-44-41-34-32-30-28-26-23-20-17-14-11-8-5-2/h7-8,10-11,16-17,19-20,25-28,31-34,36-37,44,46,50,53,74H,4-6,9,12-15,18,21-24,29-30,35,38-43,45,47-49,51-52,54-73H2,1-3H3/b10-7-,11-8-,19-16-,20-17-,27-25-,28-26-,33-31-,34-32-,37-36-,46-44-,53-50-. The number of unbranched alkanes of at least 4 members (excludes halogenated alkanes) is 29. The minimum atomic E-state index is -0.796. The van der Waals surface area contributed by atoms with Crippen LogP contribution in [-0.2, 0) is 28.6 Å². The van der Waals surface area contributed by atoms with E-state index in [2.05, 4.69) is 154 Å². The molecule has 0 aliphatic carbocycles. The molecule has 0 rings (SSSR count). The molecule has 1 atom stereocenters. The van der Waals surface area contributed by atoms with Gasteiger partial charge in [-0.15, -0.1) is 0 Å². The average molecular weight is 1150 g/mol. The summed E-state index contributed by atoms with van der Waals surface area (Å²) in [4.78, 5) is 38.4. The molecule has 0 amide bonds. The topological polar surface area (TPSA) is 78.9 Å². The van der Waals surface area contributed by atoms with Crippen LogP contribution in [0.1, 0.15) is 316 Å². The lowest BCUT2D eigenvalue weighted by Gasteiger charge is -2.18. The molecule has 0 aromatic carbocycles. The quantitative estimate of drug-likeness (QED) is 0.0261. The van der Waals surface area contributed by atoms with Gasteiger partial charge in [-0.3, -0.25) is 14.4 Å². The van der Waals surface area contributed by atoms with Crippen molar-refractivity contribution in [3.05, 3.63) is 134 Å². The van der Waals surface area contributed by atoms with E-state index in [1.165, 1.54) is 135 Å². The first-order chi connectivity index (χ1) is 41.0. The third-order valence-electron chi connectivity index (χ3n) is 14.7. The zero-order chi connectivity index (χ0) is 59.9. The Morgan fingerprint density at radius 3 is 0.735 bits per heavy atom. The van der Waals surface area contributed by atoms with E-state index in [4.69, 9.17) is 14.2 Å². The third kappa shape index (κ3) is 68.2. The Bertz CT molecular complexity index is 1750. The van der Waals surface area contributed by atoms with Crippen molar-refractivity contribution in [2.45, 2.75) is 322 Å². The Labute approximate surface area is 513 Å². The number of esters is 3. The predicted molar refractivity (Wildman–Crippen MR) is 362 cm³/mol. The SMILES string of the molecule is CC/C=C\C/C=C\C/C=C\C/C=C\C/C=C\C/C=C\CCCCCCC(=O)OC(COC(=O)CCCCCCCCCCCCCCC)COC(=O)CCCCCCCCCCCCCCC/C=C\C/C=C\C/C=C\C/C=C\C/C=C\CC. The molecule has 0 N–H and O–H groups in total. The summed E-state index contributed by atoms with van der Waals surface area (Å²) in [6.07, 6.45) is 99.0. The minimum absolute atomic E-state index is 0.0886. The van der Waals surface area contributed by atoms with E-state index in [1.54, 1.807) is 0 Å². The third-order valence-corrected chi connectivity index (χ3v) is 14.7. The van der Waals surface area contributed by atoms with Gasteiger partial charge in [-0.2, -0.15) is 0 Å². The summed E-state index contributed by atoms with van der Waals surface area (Å²) < 4.78 is 17.0. The van der Waals surface area contributed by atoms with Crippen molar-refractivity contribution in [1.29, 1.82) is 0 Å². The van der Waals surface area contributed by atoms with Crippen LogP contribution in [0, 0.1) is 0 Å². The van der Waals surface area contributed by atoms with E-state index in [9.17, 15) is 14.4 Å². The highest BCUT2D eigenvalue weighted by atomic mass is 16.6. The van der Waals surface area contributed by atoms with Crippen LogP contribution in [0.4, 0.5) is 0 Å². The van der Waals surface area contributed by atoms with Crippen molar-refractivity contribution in [2.24, 2.45) is 0 Å². The number of hydrogen-bond donors (Lipinski definition) is 0. The van der Waals surface area contributed by atoms with Gasteiger partial charge in [0.05, 0.1) is 0 Å². The van der Waals surface area contributed by atoms with Crippen LogP contribution < -0.4 is 0 Å². The molecule has 6 heteroatoms. The van der Waals surface area contributed by atoms with Gasteiger partial charge < -0.3 is 14.2 Å².